The Morgan fingerprint density at radius 3 is 2.48 bits per heavy atom. The number of thioether (sulfide) groups is 1. The first kappa shape index (κ1) is 25.9. The van der Waals surface area contributed by atoms with Gasteiger partial charge in [-0.05, 0) is 60.7 Å². The van der Waals surface area contributed by atoms with Crippen LogP contribution in [0.5, 0.6) is 0 Å². The standard InChI is InChI=1S/C22H31F2N2O3PS/c1-22(2,17-6-8-18(23)9-7-17)10-3-4-13-31-21-16-26-19(14-20(21)24)15-25-11-5-12-30(27,28)29/h6-9,14,16,25H,3-5,10-13,15H2,1-2H3,(H2,27,28,29). The average molecular weight is 473 g/mol. The highest BCUT2D eigenvalue weighted by molar-refractivity contribution is 7.99. The highest BCUT2D eigenvalue weighted by atomic mass is 32.2. The van der Waals surface area contributed by atoms with Crippen molar-refractivity contribution in [2.75, 3.05) is 18.5 Å². The maximum Gasteiger partial charge on any atom is 0.325 e. The van der Waals surface area contributed by atoms with Gasteiger partial charge < -0.3 is 15.1 Å². The summed E-state index contributed by atoms with van der Waals surface area (Å²) in [6.45, 7) is 5.08. The number of rotatable bonds is 13. The highest BCUT2D eigenvalue weighted by Crippen LogP contribution is 2.34. The lowest BCUT2D eigenvalue weighted by Gasteiger charge is -2.25. The summed E-state index contributed by atoms with van der Waals surface area (Å²) in [5.74, 6) is 0.255. The van der Waals surface area contributed by atoms with Crippen molar-refractivity contribution in [3.63, 3.8) is 0 Å². The fourth-order valence-electron chi connectivity index (χ4n) is 3.18. The van der Waals surface area contributed by atoms with Crippen LogP contribution in [-0.4, -0.2) is 33.2 Å². The van der Waals surface area contributed by atoms with E-state index in [2.05, 4.69) is 24.1 Å². The second-order valence-corrected chi connectivity index (χ2v) is 11.1. The van der Waals surface area contributed by atoms with E-state index in [0.717, 1.165) is 30.6 Å². The summed E-state index contributed by atoms with van der Waals surface area (Å²) >= 11 is 1.44. The van der Waals surface area contributed by atoms with E-state index < -0.39 is 7.60 Å². The van der Waals surface area contributed by atoms with Crippen molar-refractivity contribution in [3.05, 3.63) is 59.4 Å². The van der Waals surface area contributed by atoms with E-state index in [1.165, 1.54) is 36.2 Å². The Morgan fingerprint density at radius 1 is 1.13 bits per heavy atom. The molecule has 0 saturated heterocycles. The van der Waals surface area contributed by atoms with Gasteiger partial charge in [-0.3, -0.25) is 9.55 Å². The van der Waals surface area contributed by atoms with E-state index in [9.17, 15) is 13.3 Å². The zero-order valence-corrected chi connectivity index (χ0v) is 19.7. The van der Waals surface area contributed by atoms with Crippen LogP contribution >= 0.6 is 19.4 Å². The molecular formula is C22H31F2N2O3PS. The van der Waals surface area contributed by atoms with E-state index in [0.29, 0.717) is 30.1 Å². The Labute approximate surface area is 187 Å². The molecule has 0 atom stereocenters. The number of unbranched alkanes of at least 4 members (excludes halogenated alkanes) is 1. The number of nitrogens with zero attached hydrogens (tertiary/aromatic N) is 1. The van der Waals surface area contributed by atoms with Crippen molar-refractivity contribution in [1.82, 2.24) is 10.3 Å². The van der Waals surface area contributed by atoms with Gasteiger partial charge in [-0.2, -0.15) is 0 Å². The van der Waals surface area contributed by atoms with E-state index in [1.807, 2.05) is 12.1 Å². The Balaban J connectivity index is 1.69. The van der Waals surface area contributed by atoms with Crippen LogP contribution in [0.15, 0.2) is 41.4 Å². The summed E-state index contributed by atoms with van der Waals surface area (Å²) in [6.07, 6.45) is 4.61. The lowest BCUT2D eigenvalue weighted by molar-refractivity contribution is 0.371. The maximum atomic E-state index is 14.3. The summed E-state index contributed by atoms with van der Waals surface area (Å²) in [5.41, 5.74) is 1.63. The van der Waals surface area contributed by atoms with Gasteiger partial charge >= 0.3 is 7.60 Å². The molecule has 31 heavy (non-hydrogen) atoms. The highest BCUT2D eigenvalue weighted by Gasteiger charge is 2.20. The minimum Gasteiger partial charge on any atom is -0.324 e. The number of hydrogen-bond donors (Lipinski definition) is 3. The molecule has 0 fully saturated rings. The number of halogens is 2. The second-order valence-electron chi connectivity index (χ2n) is 8.22. The van der Waals surface area contributed by atoms with Crippen LogP contribution in [0.25, 0.3) is 0 Å². The van der Waals surface area contributed by atoms with Crippen molar-refractivity contribution in [1.29, 1.82) is 0 Å². The largest absolute Gasteiger partial charge is 0.325 e. The molecule has 2 aromatic rings. The normalized spacial score (nSPS) is 12.3. The lowest BCUT2D eigenvalue weighted by Crippen LogP contribution is -2.17. The fourth-order valence-corrected chi connectivity index (χ4v) is 4.65. The molecule has 3 N–H and O–H groups in total. The molecule has 0 aliphatic rings. The van der Waals surface area contributed by atoms with Crippen LogP contribution < -0.4 is 5.32 Å². The van der Waals surface area contributed by atoms with E-state index in [-0.39, 0.29) is 23.2 Å². The van der Waals surface area contributed by atoms with Crippen LogP contribution in [0.3, 0.4) is 0 Å². The third-order valence-electron chi connectivity index (χ3n) is 5.06. The van der Waals surface area contributed by atoms with Gasteiger partial charge in [-0.1, -0.05) is 32.4 Å². The topological polar surface area (TPSA) is 82.5 Å². The van der Waals surface area contributed by atoms with Gasteiger partial charge in [0.2, 0.25) is 0 Å². The Kier molecular flexibility index (Phi) is 10.1. The molecule has 9 heteroatoms. The molecule has 0 amide bonds. The number of hydrogen-bond acceptors (Lipinski definition) is 4. The number of nitrogens with one attached hydrogen (secondary N) is 1. The number of pyridine rings is 1. The molecule has 0 saturated carbocycles. The van der Waals surface area contributed by atoms with Crippen molar-refractivity contribution in [2.45, 2.75) is 56.4 Å². The van der Waals surface area contributed by atoms with Gasteiger partial charge in [-0.25, -0.2) is 8.78 Å². The SMILES string of the molecule is CC(C)(CCCCSc1cnc(CNCCCP(=O)(O)O)cc1F)c1ccc(F)cc1. The van der Waals surface area contributed by atoms with Crippen LogP contribution in [0.4, 0.5) is 8.78 Å². The van der Waals surface area contributed by atoms with E-state index in [1.54, 1.807) is 0 Å². The quantitative estimate of drug-likeness (QED) is 0.210. The molecule has 1 aromatic heterocycles. The molecule has 0 radical (unpaired) electrons. The van der Waals surface area contributed by atoms with Gasteiger partial charge in [0.05, 0.1) is 16.8 Å². The smallest absolute Gasteiger partial charge is 0.324 e. The second kappa shape index (κ2) is 12.1. The zero-order valence-electron chi connectivity index (χ0n) is 18.0. The summed E-state index contributed by atoms with van der Waals surface area (Å²) in [4.78, 5) is 22.4. The van der Waals surface area contributed by atoms with Crippen LogP contribution in [0, 0.1) is 11.6 Å². The Morgan fingerprint density at radius 2 is 1.84 bits per heavy atom. The molecule has 1 aromatic carbocycles. The summed E-state index contributed by atoms with van der Waals surface area (Å²) in [5, 5.41) is 3.01. The Hall–Kier alpha value is -1.31. The van der Waals surface area contributed by atoms with Gasteiger partial charge in [-0.15, -0.1) is 11.8 Å². The number of benzene rings is 1. The molecule has 172 valence electrons. The predicted molar refractivity (Wildman–Crippen MR) is 121 cm³/mol. The first-order valence-corrected chi connectivity index (χ1v) is 13.1. The van der Waals surface area contributed by atoms with E-state index in [4.69, 9.17) is 9.79 Å². The molecule has 0 aliphatic carbocycles. The third kappa shape index (κ3) is 9.79. The minimum atomic E-state index is -3.97. The third-order valence-corrected chi connectivity index (χ3v) is 7.07. The van der Waals surface area contributed by atoms with Gasteiger partial charge in [0.1, 0.15) is 11.6 Å². The summed E-state index contributed by atoms with van der Waals surface area (Å²) < 4.78 is 38.2. The van der Waals surface area contributed by atoms with Crippen molar-refractivity contribution < 1.29 is 23.1 Å². The van der Waals surface area contributed by atoms with Gasteiger partial charge in [0.15, 0.2) is 0 Å². The van der Waals surface area contributed by atoms with Crippen LogP contribution in [-0.2, 0) is 16.5 Å². The molecule has 2 rings (SSSR count). The summed E-state index contributed by atoms with van der Waals surface area (Å²) in [6, 6.07) is 8.04. The lowest BCUT2D eigenvalue weighted by atomic mass is 9.80. The van der Waals surface area contributed by atoms with Crippen LogP contribution in [0.1, 0.15) is 50.8 Å². The van der Waals surface area contributed by atoms with Crippen molar-refractivity contribution in [2.24, 2.45) is 0 Å². The molecule has 0 aliphatic heterocycles. The monoisotopic (exact) mass is 472 g/mol. The van der Waals surface area contributed by atoms with Crippen molar-refractivity contribution >= 4 is 19.4 Å². The minimum absolute atomic E-state index is 0.0366. The Bertz CT molecular complexity index is 876. The molecule has 0 unspecified atom stereocenters. The molecular weight excluding hydrogens is 441 g/mol. The fraction of sp³-hybridized carbons (Fsp3) is 0.500. The predicted octanol–water partition coefficient (Wildman–Crippen LogP) is 5.26. The molecule has 0 bridgehead atoms. The average Bonchev–Trinajstić information content (AvgIpc) is 2.68. The van der Waals surface area contributed by atoms with Crippen molar-refractivity contribution in [3.8, 4) is 0 Å². The van der Waals surface area contributed by atoms with Crippen LogP contribution in [0.2, 0.25) is 0 Å². The first-order valence-electron chi connectivity index (χ1n) is 10.4. The first-order chi connectivity index (χ1) is 14.6. The molecule has 0 spiro atoms. The van der Waals surface area contributed by atoms with Gasteiger partial charge in [0.25, 0.3) is 0 Å². The van der Waals surface area contributed by atoms with E-state index >= 15 is 0 Å². The number of aromatic nitrogens is 1. The van der Waals surface area contributed by atoms with Gasteiger partial charge in [0, 0.05) is 12.7 Å². The molecule has 5 nitrogen and oxygen atoms in total. The summed E-state index contributed by atoms with van der Waals surface area (Å²) in [7, 11) is -3.97. The zero-order chi connectivity index (χ0) is 22.9. The molecule has 1 heterocycles. The maximum absolute atomic E-state index is 14.3.